The quantitative estimate of drug-likeness (QED) is 0.164. The molecule has 1 aliphatic rings. The average Bonchev–Trinajstić information content (AvgIpc) is 3.00. The van der Waals surface area contributed by atoms with E-state index in [1.165, 1.54) is 7.11 Å². The predicted octanol–water partition coefficient (Wildman–Crippen LogP) is 4.31. The molecule has 1 unspecified atom stereocenters. The van der Waals surface area contributed by atoms with Gasteiger partial charge in [-0.15, -0.1) is 5.92 Å². The van der Waals surface area contributed by atoms with E-state index in [0.29, 0.717) is 32.1 Å². The summed E-state index contributed by atoms with van der Waals surface area (Å²) in [6.07, 6.45) is 15.2. The van der Waals surface area contributed by atoms with Crippen molar-refractivity contribution in [2.24, 2.45) is 11.8 Å². The number of unbranched alkanes of at least 4 members (excludes halogenated alkanes) is 4. The van der Waals surface area contributed by atoms with Gasteiger partial charge in [0.25, 0.3) is 0 Å². The van der Waals surface area contributed by atoms with Crippen LogP contribution in [0.1, 0.15) is 84.5 Å². The van der Waals surface area contributed by atoms with Gasteiger partial charge < -0.3 is 20.1 Å². The largest absolute Gasteiger partial charge is 0.469 e. The Bertz CT molecular complexity index is 629. The fourth-order valence-corrected chi connectivity index (χ4v) is 4.26. The molecule has 1 rings (SSSR count). The van der Waals surface area contributed by atoms with Crippen molar-refractivity contribution >= 4 is 5.97 Å². The van der Waals surface area contributed by atoms with Crippen LogP contribution in [0.5, 0.6) is 0 Å². The summed E-state index contributed by atoms with van der Waals surface area (Å²) in [6.45, 7) is 3.90. The van der Waals surface area contributed by atoms with E-state index >= 15 is 0 Å². The second-order valence-corrected chi connectivity index (χ2v) is 8.64. The number of hydrogen-bond acceptors (Lipinski definition) is 5. The molecule has 0 heterocycles. The lowest BCUT2D eigenvalue weighted by Gasteiger charge is -2.22. The van der Waals surface area contributed by atoms with Gasteiger partial charge in [-0.1, -0.05) is 56.4 Å². The molecule has 1 saturated carbocycles. The summed E-state index contributed by atoms with van der Waals surface area (Å²) in [7, 11) is 1.39. The normalized spacial score (nSPS) is 25.5. The topological polar surface area (TPSA) is 87.0 Å². The van der Waals surface area contributed by atoms with E-state index in [1.54, 1.807) is 6.92 Å². The van der Waals surface area contributed by atoms with Crippen LogP contribution in [0.2, 0.25) is 0 Å². The highest BCUT2D eigenvalue weighted by atomic mass is 16.5. The first-order chi connectivity index (χ1) is 14.9. The van der Waals surface area contributed by atoms with Crippen molar-refractivity contribution in [1.29, 1.82) is 0 Å². The fraction of sp³-hybridized carbons (Fsp3) is 0.731. The lowest BCUT2D eigenvalue weighted by atomic mass is 9.88. The van der Waals surface area contributed by atoms with Gasteiger partial charge in [0.15, 0.2) is 0 Å². The van der Waals surface area contributed by atoms with Gasteiger partial charge in [0.1, 0.15) is 5.60 Å². The molecule has 1 fully saturated rings. The van der Waals surface area contributed by atoms with Gasteiger partial charge in [-0.25, -0.2) is 0 Å². The first kappa shape index (κ1) is 27.4. The second-order valence-electron chi connectivity index (χ2n) is 8.64. The van der Waals surface area contributed by atoms with Gasteiger partial charge in [0.2, 0.25) is 0 Å². The van der Waals surface area contributed by atoms with Crippen LogP contribution in [0.15, 0.2) is 24.3 Å². The molecule has 5 atom stereocenters. The maximum Gasteiger partial charge on any atom is 0.305 e. The van der Waals surface area contributed by atoms with Crippen LogP contribution < -0.4 is 0 Å². The number of carbonyl (C=O) groups is 1. The fourth-order valence-electron chi connectivity index (χ4n) is 4.26. The molecule has 1 aliphatic carbocycles. The Morgan fingerprint density at radius 2 is 1.90 bits per heavy atom. The summed E-state index contributed by atoms with van der Waals surface area (Å²) < 4.78 is 4.63. The Kier molecular flexibility index (Phi) is 13.5. The lowest BCUT2D eigenvalue weighted by Crippen LogP contribution is -2.26. The number of aliphatic hydroxyl groups excluding tert-OH is 2. The Hall–Kier alpha value is -1.61. The average molecular weight is 435 g/mol. The monoisotopic (exact) mass is 434 g/mol. The Morgan fingerprint density at radius 3 is 2.58 bits per heavy atom. The molecule has 0 aromatic rings. The van der Waals surface area contributed by atoms with Crippen molar-refractivity contribution in [2.45, 2.75) is 102 Å². The summed E-state index contributed by atoms with van der Waals surface area (Å²) in [4.78, 5) is 11.1. The van der Waals surface area contributed by atoms with Crippen LogP contribution >= 0.6 is 0 Å². The minimum atomic E-state index is -1.03. The molecule has 0 aromatic heterocycles. The van der Waals surface area contributed by atoms with Crippen molar-refractivity contribution in [3.63, 3.8) is 0 Å². The Labute approximate surface area is 188 Å². The molecule has 0 aromatic carbocycles. The van der Waals surface area contributed by atoms with E-state index in [2.05, 4.69) is 23.5 Å². The third kappa shape index (κ3) is 10.5. The van der Waals surface area contributed by atoms with E-state index in [1.807, 2.05) is 24.3 Å². The van der Waals surface area contributed by atoms with E-state index in [9.17, 15) is 20.1 Å². The van der Waals surface area contributed by atoms with Crippen LogP contribution in [0.25, 0.3) is 0 Å². The third-order valence-electron chi connectivity index (χ3n) is 6.09. The first-order valence-corrected chi connectivity index (χ1v) is 11.8. The highest BCUT2D eigenvalue weighted by Crippen LogP contribution is 2.36. The minimum Gasteiger partial charge on any atom is -0.469 e. The summed E-state index contributed by atoms with van der Waals surface area (Å²) in [5.74, 6) is 5.40. The molecule has 0 bridgehead atoms. The van der Waals surface area contributed by atoms with Crippen LogP contribution in [-0.2, 0) is 9.53 Å². The van der Waals surface area contributed by atoms with Gasteiger partial charge in [0.05, 0.1) is 19.3 Å². The number of methoxy groups -OCH3 is 1. The summed E-state index contributed by atoms with van der Waals surface area (Å²) >= 11 is 0. The molecule has 31 heavy (non-hydrogen) atoms. The smallest absolute Gasteiger partial charge is 0.305 e. The van der Waals surface area contributed by atoms with Crippen LogP contribution in [0.3, 0.4) is 0 Å². The lowest BCUT2D eigenvalue weighted by molar-refractivity contribution is -0.140. The Morgan fingerprint density at radius 1 is 1.13 bits per heavy atom. The first-order valence-electron chi connectivity index (χ1n) is 11.8. The standard InChI is InChI=1S/C26H42O5/c1-4-6-7-12-18-26(30,17-5-2)19-13-15-22-21(23(27)20-24(22)28)14-10-8-9-11-16-25(29)31-3/h8,10,13,15,21-24,27-28,30H,4,6-7,9,11-12,14,16,18-20H2,1-3H3/b10-8-,15-13+/t21-,22-,23+,24-,26?/m1/s1. The van der Waals surface area contributed by atoms with Crippen molar-refractivity contribution in [3.05, 3.63) is 24.3 Å². The number of hydrogen-bond donors (Lipinski definition) is 3. The highest BCUT2D eigenvalue weighted by Gasteiger charge is 2.39. The third-order valence-corrected chi connectivity index (χ3v) is 6.09. The zero-order chi connectivity index (χ0) is 23.1. The molecular weight excluding hydrogens is 392 g/mol. The summed E-state index contributed by atoms with van der Waals surface area (Å²) in [5, 5.41) is 31.7. The molecule has 0 spiro atoms. The van der Waals surface area contributed by atoms with E-state index in [-0.39, 0.29) is 17.8 Å². The van der Waals surface area contributed by atoms with Crippen molar-refractivity contribution in [3.8, 4) is 11.8 Å². The maximum atomic E-state index is 11.1. The van der Waals surface area contributed by atoms with E-state index < -0.39 is 17.8 Å². The number of rotatable bonds is 14. The number of aliphatic hydroxyl groups is 3. The van der Waals surface area contributed by atoms with Gasteiger partial charge in [-0.3, -0.25) is 4.79 Å². The van der Waals surface area contributed by atoms with Crippen LogP contribution in [0, 0.1) is 23.7 Å². The van der Waals surface area contributed by atoms with Crippen LogP contribution in [0.4, 0.5) is 0 Å². The molecular formula is C26H42O5. The van der Waals surface area contributed by atoms with Gasteiger partial charge in [-0.2, -0.15) is 0 Å². The van der Waals surface area contributed by atoms with Gasteiger partial charge >= 0.3 is 5.97 Å². The highest BCUT2D eigenvalue weighted by molar-refractivity contribution is 5.69. The Balaban J connectivity index is 2.60. The zero-order valence-corrected chi connectivity index (χ0v) is 19.6. The predicted molar refractivity (Wildman–Crippen MR) is 124 cm³/mol. The van der Waals surface area contributed by atoms with Crippen molar-refractivity contribution in [2.75, 3.05) is 7.11 Å². The van der Waals surface area contributed by atoms with Crippen LogP contribution in [-0.4, -0.2) is 46.2 Å². The number of allylic oxidation sites excluding steroid dienone is 2. The molecule has 0 saturated heterocycles. The second kappa shape index (κ2) is 15.2. The van der Waals surface area contributed by atoms with Gasteiger partial charge in [0, 0.05) is 25.2 Å². The summed E-state index contributed by atoms with van der Waals surface area (Å²) in [6, 6.07) is 0. The maximum absolute atomic E-state index is 11.1. The number of ether oxygens (including phenoxy) is 1. The number of esters is 1. The molecule has 5 heteroatoms. The number of carbonyl (C=O) groups excluding carboxylic acids is 1. The molecule has 0 aliphatic heterocycles. The molecule has 5 nitrogen and oxygen atoms in total. The molecule has 0 radical (unpaired) electrons. The van der Waals surface area contributed by atoms with Crippen molar-refractivity contribution < 1.29 is 24.9 Å². The molecule has 176 valence electrons. The molecule has 0 amide bonds. The van der Waals surface area contributed by atoms with Gasteiger partial charge in [-0.05, 0) is 44.9 Å². The zero-order valence-electron chi connectivity index (χ0n) is 19.6. The summed E-state index contributed by atoms with van der Waals surface area (Å²) in [5.41, 5.74) is -1.03. The minimum absolute atomic E-state index is 0.0574. The molecule has 3 N–H and O–H groups in total. The van der Waals surface area contributed by atoms with E-state index in [4.69, 9.17) is 0 Å². The van der Waals surface area contributed by atoms with E-state index in [0.717, 1.165) is 38.5 Å². The SMILES string of the molecule is CC#CC(O)(C/C=C/[C@@H]1[C@@H](C/C=C\CCCC(=O)OC)[C@@H](O)C[C@H]1O)CCCCCC. The van der Waals surface area contributed by atoms with Crippen molar-refractivity contribution in [1.82, 2.24) is 0 Å².